The van der Waals surface area contributed by atoms with E-state index in [1.165, 1.54) is 0 Å². The normalized spacial score (nSPS) is 14.1. The Balaban J connectivity index is 4.37. The third kappa shape index (κ3) is 4.78. The Morgan fingerprint density at radius 2 is 1.87 bits per heavy atom. The van der Waals surface area contributed by atoms with Crippen LogP contribution in [0.2, 0.25) is 0 Å². The summed E-state index contributed by atoms with van der Waals surface area (Å²) in [7, 11) is 3.26. The molecule has 2 atom stereocenters. The van der Waals surface area contributed by atoms with Crippen molar-refractivity contribution >= 4 is 11.8 Å². The van der Waals surface area contributed by atoms with Crippen molar-refractivity contribution in [1.29, 1.82) is 0 Å². The van der Waals surface area contributed by atoms with E-state index in [1.807, 2.05) is 13.8 Å². The summed E-state index contributed by atoms with van der Waals surface area (Å²) in [5.74, 6) is -0.175. The Bertz CT molecular complexity index is 219. The second kappa shape index (κ2) is 7.23. The van der Waals surface area contributed by atoms with Gasteiger partial charge in [0, 0.05) is 7.05 Å². The van der Waals surface area contributed by atoms with Crippen LogP contribution in [-0.2, 0) is 9.59 Å². The molecule has 0 fully saturated rings. The van der Waals surface area contributed by atoms with Crippen molar-refractivity contribution in [3.05, 3.63) is 0 Å². The van der Waals surface area contributed by atoms with Gasteiger partial charge in [-0.2, -0.15) is 0 Å². The summed E-state index contributed by atoms with van der Waals surface area (Å²) in [5, 5.41) is 8.00. The lowest BCUT2D eigenvalue weighted by Gasteiger charge is -2.22. The average molecular weight is 215 g/mol. The molecule has 3 N–H and O–H groups in total. The predicted molar refractivity (Wildman–Crippen MR) is 59.4 cm³/mol. The average Bonchev–Trinajstić information content (AvgIpc) is 2.24. The van der Waals surface area contributed by atoms with E-state index < -0.39 is 6.04 Å². The van der Waals surface area contributed by atoms with E-state index in [4.69, 9.17) is 0 Å². The molecule has 88 valence electrons. The van der Waals surface area contributed by atoms with Gasteiger partial charge in [-0.05, 0) is 13.0 Å². The molecule has 0 aromatic heterocycles. The van der Waals surface area contributed by atoms with Gasteiger partial charge in [0.05, 0.1) is 6.54 Å². The number of hydrogen-bond donors (Lipinski definition) is 3. The molecule has 0 radical (unpaired) electrons. The quantitative estimate of drug-likeness (QED) is 0.558. The fraction of sp³-hybridized carbons (Fsp3) is 0.800. The first-order valence-electron chi connectivity index (χ1n) is 5.22. The van der Waals surface area contributed by atoms with Crippen LogP contribution in [0.5, 0.6) is 0 Å². The molecule has 15 heavy (non-hydrogen) atoms. The van der Waals surface area contributed by atoms with Crippen LogP contribution in [0.1, 0.15) is 20.3 Å². The molecule has 0 aliphatic heterocycles. The van der Waals surface area contributed by atoms with E-state index in [-0.39, 0.29) is 24.3 Å². The van der Waals surface area contributed by atoms with E-state index in [0.717, 1.165) is 6.42 Å². The molecule has 0 aliphatic rings. The second-order valence-electron chi connectivity index (χ2n) is 3.58. The fourth-order valence-corrected chi connectivity index (χ4v) is 1.24. The SMILES string of the molecule is CCC(C)C(NC(=O)CNC)C(=O)NC. The highest BCUT2D eigenvalue weighted by atomic mass is 16.2. The van der Waals surface area contributed by atoms with Gasteiger partial charge in [0.1, 0.15) is 6.04 Å². The molecule has 2 unspecified atom stereocenters. The van der Waals surface area contributed by atoms with Gasteiger partial charge in [-0.15, -0.1) is 0 Å². The highest BCUT2D eigenvalue weighted by Crippen LogP contribution is 2.07. The Morgan fingerprint density at radius 3 is 2.27 bits per heavy atom. The van der Waals surface area contributed by atoms with Crippen LogP contribution in [0.25, 0.3) is 0 Å². The van der Waals surface area contributed by atoms with Crippen molar-refractivity contribution in [3.63, 3.8) is 0 Å². The smallest absolute Gasteiger partial charge is 0.242 e. The van der Waals surface area contributed by atoms with Gasteiger partial charge in [-0.3, -0.25) is 9.59 Å². The molecule has 0 rings (SSSR count). The molecule has 5 nitrogen and oxygen atoms in total. The zero-order valence-electron chi connectivity index (χ0n) is 9.89. The Morgan fingerprint density at radius 1 is 1.27 bits per heavy atom. The van der Waals surface area contributed by atoms with Crippen LogP contribution in [0.15, 0.2) is 0 Å². The topological polar surface area (TPSA) is 70.2 Å². The second-order valence-corrected chi connectivity index (χ2v) is 3.58. The molecule has 0 heterocycles. The largest absolute Gasteiger partial charge is 0.357 e. The summed E-state index contributed by atoms with van der Waals surface area (Å²) in [6.07, 6.45) is 0.845. The van der Waals surface area contributed by atoms with Crippen LogP contribution in [0, 0.1) is 5.92 Å². The van der Waals surface area contributed by atoms with E-state index in [0.29, 0.717) is 0 Å². The number of amides is 2. The van der Waals surface area contributed by atoms with Crippen LogP contribution in [0.3, 0.4) is 0 Å². The fourth-order valence-electron chi connectivity index (χ4n) is 1.24. The molecule has 0 spiro atoms. The summed E-state index contributed by atoms with van der Waals surface area (Å²) in [5.41, 5.74) is 0. The van der Waals surface area contributed by atoms with E-state index in [1.54, 1.807) is 14.1 Å². The monoisotopic (exact) mass is 215 g/mol. The third-order valence-electron chi connectivity index (χ3n) is 2.40. The molecule has 0 aromatic carbocycles. The molecule has 0 aliphatic carbocycles. The minimum atomic E-state index is -0.444. The van der Waals surface area contributed by atoms with Crippen molar-refractivity contribution < 1.29 is 9.59 Å². The highest BCUT2D eigenvalue weighted by Gasteiger charge is 2.24. The van der Waals surface area contributed by atoms with Crippen LogP contribution >= 0.6 is 0 Å². The van der Waals surface area contributed by atoms with Gasteiger partial charge in [0.15, 0.2) is 0 Å². The number of hydrogen-bond acceptors (Lipinski definition) is 3. The predicted octanol–water partition coefficient (Wildman–Crippen LogP) is -0.517. The Kier molecular flexibility index (Phi) is 6.70. The maximum Gasteiger partial charge on any atom is 0.242 e. The number of carbonyl (C=O) groups is 2. The molecule has 2 amide bonds. The summed E-state index contributed by atoms with van der Waals surface area (Å²) >= 11 is 0. The zero-order chi connectivity index (χ0) is 11.8. The molecule has 5 heteroatoms. The lowest BCUT2D eigenvalue weighted by atomic mass is 9.98. The van der Waals surface area contributed by atoms with E-state index in [2.05, 4.69) is 16.0 Å². The van der Waals surface area contributed by atoms with Crippen molar-refractivity contribution in [2.75, 3.05) is 20.6 Å². The lowest BCUT2D eigenvalue weighted by molar-refractivity contribution is -0.129. The summed E-state index contributed by atoms with van der Waals surface area (Å²) < 4.78 is 0. The van der Waals surface area contributed by atoms with E-state index >= 15 is 0 Å². The minimum absolute atomic E-state index is 0.130. The van der Waals surface area contributed by atoms with Gasteiger partial charge in [0.2, 0.25) is 11.8 Å². The van der Waals surface area contributed by atoms with Crippen molar-refractivity contribution in [1.82, 2.24) is 16.0 Å². The number of rotatable bonds is 6. The summed E-state index contributed by atoms with van der Waals surface area (Å²) in [4.78, 5) is 22.8. The highest BCUT2D eigenvalue weighted by molar-refractivity contribution is 5.88. The van der Waals surface area contributed by atoms with Gasteiger partial charge in [-0.1, -0.05) is 20.3 Å². The summed E-state index contributed by atoms with van der Waals surface area (Å²) in [6, 6.07) is -0.444. The lowest BCUT2D eigenvalue weighted by Crippen LogP contribution is -2.51. The molecule has 0 bridgehead atoms. The Labute approximate surface area is 91.0 Å². The maximum atomic E-state index is 11.5. The minimum Gasteiger partial charge on any atom is -0.357 e. The van der Waals surface area contributed by atoms with Crippen LogP contribution < -0.4 is 16.0 Å². The van der Waals surface area contributed by atoms with Crippen molar-refractivity contribution in [2.45, 2.75) is 26.3 Å². The molecule has 0 aromatic rings. The summed E-state index contributed by atoms with van der Waals surface area (Å²) in [6.45, 7) is 4.16. The van der Waals surface area contributed by atoms with Gasteiger partial charge in [-0.25, -0.2) is 0 Å². The number of likely N-dealkylation sites (N-methyl/N-ethyl adjacent to an activating group) is 2. The Hall–Kier alpha value is -1.10. The third-order valence-corrected chi connectivity index (χ3v) is 2.40. The maximum absolute atomic E-state index is 11.5. The molecule has 0 saturated carbocycles. The van der Waals surface area contributed by atoms with Gasteiger partial charge in [0.25, 0.3) is 0 Å². The number of nitrogens with one attached hydrogen (secondary N) is 3. The zero-order valence-corrected chi connectivity index (χ0v) is 9.89. The first-order chi connectivity index (χ1) is 7.06. The molecular weight excluding hydrogens is 194 g/mol. The van der Waals surface area contributed by atoms with Gasteiger partial charge >= 0.3 is 0 Å². The standard InChI is InChI=1S/C10H21N3O2/c1-5-7(2)9(10(15)12-4)13-8(14)6-11-3/h7,9,11H,5-6H2,1-4H3,(H,12,15)(H,13,14). The van der Waals surface area contributed by atoms with Crippen LogP contribution in [-0.4, -0.2) is 38.5 Å². The van der Waals surface area contributed by atoms with Crippen molar-refractivity contribution in [2.24, 2.45) is 5.92 Å². The molecule has 0 saturated heterocycles. The first kappa shape index (κ1) is 13.9. The van der Waals surface area contributed by atoms with Crippen LogP contribution in [0.4, 0.5) is 0 Å². The first-order valence-corrected chi connectivity index (χ1v) is 5.22. The van der Waals surface area contributed by atoms with Crippen molar-refractivity contribution in [3.8, 4) is 0 Å². The van der Waals surface area contributed by atoms with Gasteiger partial charge < -0.3 is 16.0 Å². The molecular formula is C10H21N3O2. The van der Waals surface area contributed by atoms with E-state index in [9.17, 15) is 9.59 Å². The number of carbonyl (C=O) groups excluding carboxylic acids is 2.